The molecular weight excluding hydrogens is 239 g/mol. The highest BCUT2D eigenvalue weighted by Crippen LogP contribution is 2.25. The normalized spacial score (nSPS) is 10.7. The molecule has 3 heteroatoms. The van der Waals surface area contributed by atoms with Gasteiger partial charge in [-0.3, -0.25) is 0 Å². The molecule has 100 valence electrons. The minimum absolute atomic E-state index is 0.147. The number of anilines is 3. The zero-order valence-electron chi connectivity index (χ0n) is 11.3. The van der Waals surface area contributed by atoms with Gasteiger partial charge < -0.3 is 11.1 Å². The maximum absolute atomic E-state index is 13.3. The van der Waals surface area contributed by atoms with Gasteiger partial charge in [-0.25, -0.2) is 4.39 Å². The molecule has 3 N–H and O–H groups in total. The minimum atomic E-state index is -0.401. The molecule has 0 bridgehead atoms. The third kappa shape index (κ3) is 3.47. The van der Waals surface area contributed by atoms with E-state index in [1.165, 1.54) is 11.6 Å². The van der Waals surface area contributed by atoms with Crippen molar-refractivity contribution >= 4 is 17.1 Å². The van der Waals surface area contributed by atoms with E-state index in [1.807, 2.05) is 12.1 Å². The smallest absolute Gasteiger partial charge is 0.148 e. The van der Waals surface area contributed by atoms with Crippen LogP contribution >= 0.6 is 0 Å². The fourth-order valence-electron chi connectivity index (χ4n) is 2.00. The third-order valence-electron chi connectivity index (χ3n) is 2.93. The van der Waals surface area contributed by atoms with Gasteiger partial charge in [0, 0.05) is 5.69 Å². The fourth-order valence-corrected chi connectivity index (χ4v) is 2.00. The van der Waals surface area contributed by atoms with Crippen LogP contribution in [0.1, 0.15) is 19.4 Å². The van der Waals surface area contributed by atoms with Gasteiger partial charge >= 0.3 is 0 Å². The van der Waals surface area contributed by atoms with Crippen molar-refractivity contribution in [3.8, 4) is 0 Å². The van der Waals surface area contributed by atoms with Crippen molar-refractivity contribution in [2.45, 2.75) is 20.3 Å². The molecule has 0 aromatic heterocycles. The number of hydrogen-bond acceptors (Lipinski definition) is 2. The van der Waals surface area contributed by atoms with E-state index in [-0.39, 0.29) is 5.69 Å². The number of nitrogen functional groups attached to an aromatic ring is 1. The van der Waals surface area contributed by atoms with Gasteiger partial charge in [-0.1, -0.05) is 32.0 Å². The van der Waals surface area contributed by atoms with Crippen molar-refractivity contribution < 1.29 is 4.39 Å². The van der Waals surface area contributed by atoms with Gasteiger partial charge in [0.1, 0.15) is 5.82 Å². The zero-order valence-corrected chi connectivity index (χ0v) is 11.3. The Labute approximate surface area is 113 Å². The lowest BCUT2D eigenvalue weighted by Crippen LogP contribution is -1.99. The van der Waals surface area contributed by atoms with E-state index >= 15 is 0 Å². The minimum Gasteiger partial charge on any atom is -0.395 e. The summed E-state index contributed by atoms with van der Waals surface area (Å²) in [5, 5.41) is 3.13. The van der Waals surface area contributed by atoms with Crippen LogP contribution in [0.3, 0.4) is 0 Å². The van der Waals surface area contributed by atoms with Crippen LogP contribution in [0, 0.1) is 11.7 Å². The highest BCUT2D eigenvalue weighted by atomic mass is 19.1. The van der Waals surface area contributed by atoms with Crippen molar-refractivity contribution in [3.63, 3.8) is 0 Å². The maximum atomic E-state index is 13.3. The van der Waals surface area contributed by atoms with E-state index in [0.29, 0.717) is 11.6 Å². The summed E-state index contributed by atoms with van der Waals surface area (Å²) < 4.78 is 13.3. The number of halogens is 1. The van der Waals surface area contributed by atoms with E-state index in [4.69, 9.17) is 5.73 Å². The quantitative estimate of drug-likeness (QED) is 0.800. The molecule has 2 aromatic carbocycles. The summed E-state index contributed by atoms with van der Waals surface area (Å²) in [7, 11) is 0. The molecule has 0 heterocycles. The highest BCUT2D eigenvalue weighted by molar-refractivity contribution is 5.72. The standard InChI is InChI=1S/C16H19FN2/c1-11(2)10-12-6-8-13(9-7-12)19-15-5-3-4-14(17)16(15)18/h3-9,11,19H,10,18H2,1-2H3. The van der Waals surface area contributed by atoms with Crippen molar-refractivity contribution in [2.24, 2.45) is 5.92 Å². The Morgan fingerprint density at radius 3 is 2.42 bits per heavy atom. The number of hydrogen-bond donors (Lipinski definition) is 2. The van der Waals surface area contributed by atoms with Crippen LogP contribution in [0.2, 0.25) is 0 Å². The van der Waals surface area contributed by atoms with Gasteiger partial charge in [-0.15, -0.1) is 0 Å². The first-order valence-corrected chi connectivity index (χ1v) is 6.46. The van der Waals surface area contributed by atoms with Gasteiger partial charge in [0.05, 0.1) is 11.4 Å². The molecule has 2 aromatic rings. The van der Waals surface area contributed by atoms with Gasteiger partial charge in [0.2, 0.25) is 0 Å². The van der Waals surface area contributed by atoms with Crippen LogP contribution in [0.25, 0.3) is 0 Å². The SMILES string of the molecule is CC(C)Cc1ccc(Nc2cccc(F)c2N)cc1. The van der Waals surface area contributed by atoms with Gasteiger partial charge in [-0.2, -0.15) is 0 Å². The van der Waals surface area contributed by atoms with E-state index in [1.54, 1.807) is 12.1 Å². The molecule has 19 heavy (non-hydrogen) atoms. The number of rotatable bonds is 4. The van der Waals surface area contributed by atoms with E-state index in [2.05, 4.69) is 31.3 Å². The average Bonchev–Trinajstić information content (AvgIpc) is 2.37. The second-order valence-electron chi connectivity index (χ2n) is 5.12. The van der Waals surface area contributed by atoms with Gasteiger partial charge in [-0.05, 0) is 42.2 Å². The summed E-state index contributed by atoms with van der Waals surface area (Å²) in [5.74, 6) is 0.235. The molecule has 0 aliphatic heterocycles. The second kappa shape index (κ2) is 5.74. The molecule has 0 amide bonds. The Balaban J connectivity index is 2.13. The molecule has 0 saturated carbocycles. The molecule has 0 saturated heterocycles. The Morgan fingerprint density at radius 1 is 1.11 bits per heavy atom. The Kier molecular flexibility index (Phi) is 4.05. The summed E-state index contributed by atoms with van der Waals surface area (Å²) in [6.45, 7) is 4.39. The predicted octanol–water partition coefficient (Wildman–Crippen LogP) is 4.35. The van der Waals surface area contributed by atoms with Crippen LogP contribution in [0.15, 0.2) is 42.5 Å². The summed E-state index contributed by atoms with van der Waals surface area (Å²) >= 11 is 0. The number of nitrogens with one attached hydrogen (secondary N) is 1. The molecule has 0 atom stereocenters. The number of nitrogens with two attached hydrogens (primary N) is 1. The lowest BCUT2D eigenvalue weighted by molar-refractivity contribution is 0.633. The van der Waals surface area contributed by atoms with E-state index < -0.39 is 5.82 Å². The molecule has 0 unspecified atom stereocenters. The molecule has 0 fully saturated rings. The monoisotopic (exact) mass is 258 g/mol. The summed E-state index contributed by atoms with van der Waals surface area (Å²) in [5.41, 5.74) is 8.64. The lowest BCUT2D eigenvalue weighted by Gasteiger charge is -2.11. The van der Waals surface area contributed by atoms with Crippen LogP contribution in [0.4, 0.5) is 21.5 Å². The van der Waals surface area contributed by atoms with Crippen molar-refractivity contribution in [1.29, 1.82) is 0 Å². The maximum Gasteiger partial charge on any atom is 0.148 e. The Hall–Kier alpha value is -2.03. The second-order valence-corrected chi connectivity index (χ2v) is 5.12. The van der Waals surface area contributed by atoms with E-state index in [9.17, 15) is 4.39 Å². The zero-order chi connectivity index (χ0) is 13.8. The van der Waals surface area contributed by atoms with E-state index in [0.717, 1.165) is 12.1 Å². The molecule has 0 spiro atoms. The largest absolute Gasteiger partial charge is 0.395 e. The van der Waals surface area contributed by atoms with Gasteiger partial charge in [0.15, 0.2) is 0 Å². The summed E-state index contributed by atoms with van der Waals surface area (Å²) in [4.78, 5) is 0. The van der Waals surface area contributed by atoms with Crippen LogP contribution < -0.4 is 11.1 Å². The van der Waals surface area contributed by atoms with Crippen molar-refractivity contribution in [2.75, 3.05) is 11.1 Å². The Bertz CT molecular complexity index is 547. The Morgan fingerprint density at radius 2 is 1.79 bits per heavy atom. The molecular formula is C16H19FN2. The predicted molar refractivity (Wildman–Crippen MR) is 79.1 cm³/mol. The molecule has 0 radical (unpaired) electrons. The average molecular weight is 258 g/mol. The number of benzene rings is 2. The molecule has 0 aliphatic rings. The molecule has 0 aliphatic carbocycles. The lowest BCUT2D eigenvalue weighted by atomic mass is 10.0. The van der Waals surface area contributed by atoms with Crippen molar-refractivity contribution in [1.82, 2.24) is 0 Å². The van der Waals surface area contributed by atoms with Gasteiger partial charge in [0.25, 0.3) is 0 Å². The highest BCUT2D eigenvalue weighted by Gasteiger charge is 2.04. The number of para-hydroxylation sites is 1. The fraction of sp³-hybridized carbons (Fsp3) is 0.250. The van der Waals surface area contributed by atoms with Crippen molar-refractivity contribution in [3.05, 3.63) is 53.8 Å². The van der Waals surface area contributed by atoms with Crippen LogP contribution in [0.5, 0.6) is 0 Å². The molecule has 2 rings (SSSR count). The first-order chi connectivity index (χ1) is 9.06. The summed E-state index contributed by atoms with van der Waals surface area (Å²) in [6, 6.07) is 12.9. The van der Waals surface area contributed by atoms with Crippen LogP contribution in [-0.2, 0) is 6.42 Å². The first kappa shape index (κ1) is 13.4. The molecule has 2 nitrogen and oxygen atoms in total. The first-order valence-electron chi connectivity index (χ1n) is 6.46. The van der Waals surface area contributed by atoms with Crippen LogP contribution in [-0.4, -0.2) is 0 Å². The third-order valence-corrected chi connectivity index (χ3v) is 2.93. The topological polar surface area (TPSA) is 38.0 Å². The summed E-state index contributed by atoms with van der Waals surface area (Å²) in [6.07, 6.45) is 1.06.